The summed E-state index contributed by atoms with van der Waals surface area (Å²) in [5.41, 5.74) is 1.53. The zero-order valence-electron chi connectivity index (χ0n) is 22.2. The summed E-state index contributed by atoms with van der Waals surface area (Å²) >= 11 is 6.02. The second kappa shape index (κ2) is 12.1. The molecule has 0 radical (unpaired) electrons. The molecule has 214 valence electrons. The average molecular weight is 581 g/mol. The van der Waals surface area contributed by atoms with E-state index in [1.807, 2.05) is 6.92 Å². The maximum Gasteiger partial charge on any atom is 0.434 e. The summed E-state index contributed by atoms with van der Waals surface area (Å²) in [7, 11) is 0. The zero-order chi connectivity index (χ0) is 29.0. The highest BCUT2D eigenvalue weighted by Gasteiger charge is 2.59. The number of nitrogens with one attached hydrogen (secondary N) is 1. The fraction of sp³-hybridized carbons (Fsp3) is 0.267. The molecule has 1 aliphatic heterocycles. The summed E-state index contributed by atoms with van der Waals surface area (Å²) in [5, 5.41) is 24.5. The predicted octanol–water partition coefficient (Wildman–Crippen LogP) is 4.56. The summed E-state index contributed by atoms with van der Waals surface area (Å²) in [6, 6.07) is 18.7. The van der Waals surface area contributed by atoms with Crippen molar-refractivity contribution in [1.29, 1.82) is 0 Å². The lowest BCUT2D eigenvalue weighted by Crippen LogP contribution is -2.59. The van der Waals surface area contributed by atoms with Crippen LogP contribution < -0.4 is 14.8 Å². The van der Waals surface area contributed by atoms with Gasteiger partial charge in [-0.25, -0.2) is 4.79 Å². The summed E-state index contributed by atoms with van der Waals surface area (Å²) < 4.78 is 22.3. The van der Waals surface area contributed by atoms with E-state index in [0.29, 0.717) is 35.1 Å². The van der Waals surface area contributed by atoms with Gasteiger partial charge in [-0.2, -0.15) is 0 Å². The molecule has 0 aliphatic carbocycles. The highest BCUT2D eigenvalue weighted by atomic mass is 35.5. The summed E-state index contributed by atoms with van der Waals surface area (Å²) in [6.45, 7) is 2.21. The van der Waals surface area contributed by atoms with E-state index in [-0.39, 0.29) is 30.6 Å². The first-order valence-electron chi connectivity index (χ1n) is 13.0. The van der Waals surface area contributed by atoms with Gasteiger partial charge in [0.25, 0.3) is 0 Å². The van der Waals surface area contributed by atoms with E-state index in [1.54, 1.807) is 66.7 Å². The maximum absolute atomic E-state index is 13.7. The molecule has 10 nitrogen and oxygen atoms in total. The number of rotatable bonds is 12. The summed E-state index contributed by atoms with van der Waals surface area (Å²) in [5.74, 6) is -3.95. The number of carboxylic acids is 1. The number of amides is 1. The molecule has 3 atom stereocenters. The van der Waals surface area contributed by atoms with Gasteiger partial charge in [-0.15, -0.1) is 0 Å². The van der Waals surface area contributed by atoms with Crippen molar-refractivity contribution in [3.8, 4) is 11.5 Å². The maximum atomic E-state index is 13.7. The van der Waals surface area contributed by atoms with Gasteiger partial charge >= 0.3 is 17.7 Å². The third-order valence-corrected chi connectivity index (χ3v) is 6.89. The Labute approximate surface area is 241 Å². The highest BCUT2D eigenvalue weighted by Crippen LogP contribution is 2.41. The normalized spacial score (nSPS) is 17.2. The van der Waals surface area contributed by atoms with Crippen molar-refractivity contribution in [2.24, 2.45) is 0 Å². The van der Waals surface area contributed by atoms with E-state index >= 15 is 0 Å². The summed E-state index contributed by atoms with van der Waals surface area (Å²) in [6.07, 6.45) is 2.73. The number of aliphatic hydroxyl groups is 1. The Hall–Kier alpha value is -4.25. The van der Waals surface area contributed by atoms with Gasteiger partial charge in [0.15, 0.2) is 11.5 Å². The van der Waals surface area contributed by atoms with Crippen LogP contribution in [0.25, 0.3) is 0 Å². The lowest BCUT2D eigenvalue weighted by Gasteiger charge is -2.28. The largest absolute Gasteiger partial charge is 0.475 e. The number of halogens is 1. The Morgan fingerprint density at radius 3 is 2.24 bits per heavy atom. The Bertz CT molecular complexity index is 1450. The molecular weight excluding hydrogens is 552 g/mol. The van der Waals surface area contributed by atoms with Crippen molar-refractivity contribution in [1.82, 2.24) is 10.2 Å². The number of aliphatic carboxylic acids is 1. The molecule has 0 saturated heterocycles. The van der Waals surface area contributed by atoms with Crippen molar-refractivity contribution < 1.29 is 38.1 Å². The molecule has 3 heterocycles. The van der Waals surface area contributed by atoms with Crippen LogP contribution in [0.4, 0.5) is 0 Å². The monoisotopic (exact) mass is 580 g/mol. The van der Waals surface area contributed by atoms with Gasteiger partial charge in [-0.05, 0) is 73.0 Å². The average Bonchev–Trinajstić information content (AvgIpc) is 3.72. The van der Waals surface area contributed by atoms with Crippen molar-refractivity contribution in [3.05, 3.63) is 107 Å². The molecule has 4 aromatic rings. The fourth-order valence-electron chi connectivity index (χ4n) is 4.60. The number of benzene rings is 2. The molecule has 1 amide bonds. The van der Waals surface area contributed by atoms with Gasteiger partial charge in [0.05, 0.1) is 31.7 Å². The Morgan fingerprint density at radius 1 is 0.951 bits per heavy atom. The van der Waals surface area contributed by atoms with Crippen LogP contribution in [0, 0.1) is 0 Å². The van der Waals surface area contributed by atoms with Crippen LogP contribution >= 0.6 is 11.6 Å². The Balaban J connectivity index is 1.28. The molecule has 5 rings (SSSR count). The van der Waals surface area contributed by atoms with Crippen molar-refractivity contribution in [3.63, 3.8) is 0 Å². The lowest BCUT2D eigenvalue weighted by atomic mass is 10.1. The van der Waals surface area contributed by atoms with E-state index in [0.717, 1.165) is 5.56 Å². The Morgan fingerprint density at radius 2 is 1.63 bits per heavy atom. The molecule has 2 aromatic heterocycles. The molecular formula is C30H29ClN2O8. The minimum Gasteiger partial charge on any atom is -0.475 e. The van der Waals surface area contributed by atoms with E-state index in [2.05, 4.69) is 5.32 Å². The minimum absolute atomic E-state index is 0.0277. The standard InChI is InChI=1S/C30H29ClN2O8/c1-19(32-16-25(34)21-5-2-6-22(31)15-21)13-20-9-10-26-27(14-20)41-30(40-26,29(36)37)28(35)33(17-23-7-3-11-38-23)18-24-8-4-12-39-24/h2-12,14-15,19,25,32,34H,13,16-18H2,1H3,(H,36,37). The minimum atomic E-state index is -2.62. The fourth-order valence-corrected chi connectivity index (χ4v) is 4.80. The van der Waals surface area contributed by atoms with Crippen LogP contribution in [0.3, 0.4) is 0 Å². The first kappa shape index (κ1) is 28.3. The first-order chi connectivity index (χ1) is 19.7. The number of nitrogens with zero attached hydrogens (tertiary/aromatic N) is 1. The second-order valence-electron chi connectivity index (χ2n) is 9.81. The molecule has 0 spiro atoms. The molecule has 11 heteroatoms. The van der Waals surface area contributed by atoms with Crippen molar-refractivity contribution in [2.75, 3.05) is 6.54 Å². The predicted molar refractivity (Wildman–Crippen MR) is 147 cm³/mol. The van der Waals surface area contributed by atoms with Gasteiger partial charge in [0.1, 0.15) is 11.5 Å². The van der Waals surface area contributed by atoms with Gasteiger partial charge in [0.2, 0.25) is 0 Å². The summed E-state index contributed by atoms with van der Waals surface area (Å²) in [4.78, 5) is 27.5. The number of carbonyl (C=O) groups is 2. The number of fused-ring (bicyclic) bond motifs is 1. The molecule has 0 bridgehead atoms. The molecule has 1 aliphatic rings. The first-order valence-corrected chi connectivity index (χ1v) is 13.4. The van der Waals surface area contributed by atoms with Crippen LogP contribution in [0.5, 0.6) is 11.5 Å². The smallest absolute Gasteiger partial charge is 0.434 e. The molecule has 41 heavy (non-hydrogen) atoms. The molecule has 3 N–H and O–H groups in total. The van der Waals surface area contributed by atoms with Crippen molar-refractivity contribution >= 4 is 23.5 Å². The van der Waals surface area contributed by atoms with E-state index in [4.69, 9.17) is 29.9 Å². The van der Waals surface area contributed by atoms with Crippen LogP contribution in [0.2, 0.25) is 5.02 Å². The van der Waals surface area contributed by atoms with E-state index < -0.39 is 23.8 Å². The second-order valence-corrected chi connectivity index (χ2v) is 10.2. The quantitative estimate of drug-likeness (QED) is 0.206. The number of aliphatic hydroxyl groups excluding tert-OH is 1. The van der Waals surface area contributed by atoms with Crippen LogP contribution in [-0.4, -0.2) is 45.4 Å². The third-order valence-electron chi connectivity index (χ3n) is 6.65. The number of carboxylic acid groups (broad SMARTS) is 1. The number of carbonyl (C=O) groups excluding carboxylic acids is 1. The SMILES string of the molecule is CC(Cc1ccc2c(c1)OC(C(=O)O)(C(=O)N(Cc1ccco1)Cc1ccco1)O2)NCC(O)c1cccc(Cl)c1. The lowest BCUT2D eigenvalue weighted by molar-refractivity contribution is -0.191. The van der Waals surface area contributed by atoms with Crippen LogP contribution in [-0.2, 0) is 29.1 Å². The van der Waals surface area contributed by atoms with Crippen molar-refractivity contribution in [2.45, 2.75) is 44.4 Å². The number of ether oxygens (including phenoxy) is 2. The third kappa shape index (κ3) is 6.40. The number of furan rings is 2. The van der Waals surface area contributed by atoms with Crippen LogP contribution in [0.1, 0.15) is 35.7 Å². The topological polar surface area (TPSA) is 135 Å². The van der Waals surface area contributed by atoms with Gasteiger partial charge in [0, 0.05) is 17.6 Å². The van der Waals surface area contributed by atoms with E-state index in [9.17, 15) is 19.8 Å². The van der Waals surface area contributed by atoms with Gasteiger partial charge in [-0.3, -0.25) is 4.79 Å². The van der Waals surface area contributed by atoms with Gasteiger partial charge < -0.3 is 38.7 Å². The molecule has 2 aromatic carbocycles. The Kier molecular flexibility index (Phi) is 8.34. The number of hydrogen-bond donors (Lipinski definition) is 3. The molecule has 3 unspecified atom stereocenters. The van der Waals surface area contributed by atoms with Gasteiger partial charge in [-0.1, -0.05) is 29.8 Å². The van der Waals surface area contributed by atoms with Crippen LogP contribution in [0.15, 0.2) is 88.1 Å². The highest BCUT2D eigenvalue weighted by molar-refractivity contribution is 6.30. The zero-order valence-corrected chi connectivity index (χ0v) is 22.9. The molecule has 0 saturated carbocycles. The number of hydrogen-bond acceptors (Lipinski definition) is 8. The van der Waals surface area contributed by atoms with E-state index in [1.165, 1.54) is 17.4 Å². The molecule has 0 fully saturated rings.